The summed E-state index contributed by atoms with van der Waals surface area (Å²) in [6.07, 6.45) is 0. The highest BCUT2D eigenvalue weighted by atomic mass is 35.5. The lowest BCUT2D eigenvalue weighted by Crippen LogP contribution is -2.18. The Labute approximate surface area is 73.1 Å². The maximum absolute atomic E-state index is 10.8. The van der Waals surface area contributed by atoms with E-state index in [1.165, 1.54) is 17.6 Å². The van der Waals surface area contributed by atoms with E-state index in [2.05, 4.69) is 4.98 Å². The van der Waals surface area contributed by atoms with Crippen molar-refractivity contribution in [3.63, 3.8) is 0 Å². The Morgan fingerprint density at radius 2 is 2.33 bits per heavy atom. The van der Waals surface area contributed by atoms with Crippen LogP contribution in [-0.4, -0.2) is 16.1 Å². The summed E-state index contributed by atoms with van der Waals surface area (Å²) < 4.78 is 0. The van der Waals surface area contributed by atoms with Crippen molar-refractivity contribution in [2.45, 2.75) is 0 Å². The van der Waals surface area contributed by atoms with E-state index in [4.69, 9.17) is 22.5 Å². The minimum absolute atomic E-state index is 0.105. The van der Waals surface area contributed by atoms with Crippen molar-refractivity contribution in [3.8, 4) is 0 Å². The van der Waals surface area contributed by atoms with Crippen LogP contribution in [0.2, 0.25) is 5.15 Å². The van der Waals surface area contributed by atoms with Crippen molar-refractivity contribution >= 4 is 23.3 Å². The van der Waals surface area contributed by atoms with Crippen LogP contribution in [0.1, 0.15) is 10.4 Å². The molecule has 0 radical (unpaired) electrons. The van der Waals surface area contributed by atoms with Gasteiger partial charge in [-0.2, -0.15) is 0 Å². The normalized spacial score (nSPS) is 9.50. The number of nitrogens with zero attached hydrogens (tertiary/aromatic N) is 1. The van der Waals surface area contributed by atoms with Crippen molar-refractivity contribution in [1.29, 1.82) is 0 Å². The van der Waals surface area contributed by atoms with Crippen LogP contribution < -0.4 is 11.2 Å². The lowest BCUT2D eigenvalue weighted by molar-refractivity contribution is 0.0706. The number of carbonyl (C=O) groups excluding carboxylic acids is 1. The summed E-state index contributed by atoms with van der Waals surface area (Å²) in [6.45, 7) is 0. The second kappa shape index (κ2) is 3.38. The third kappa shape index (κ3) is 1.84. The molecule has 1 rings (SSSR count). The average molecular weight is 188 g/mol. The number of hydroxylamine groups is 1. The quantitative estimate of drug-likeness (QED) is 0.338. The number of pyridine rings is 1. The monoisotopic (exact) mass is 187 g/mol. The number of hydrogen-bond donors (Lipinski definition) is 3. The zero-order valence-electron chi connectivity index (χ0n) is 5.91. The number of amides is 1. The smallest absolute Gasteiger partial charge is 0.274 e. The zero-order chi connectivity index (χ0) is 9.14. The summed E-state index contributed by atoms with van der Waals surface area (Å²) in [5.74, 6) is -0.549. The molecule has 0 fully saturated rings. The molecule has 0 unspecified atom stereocenters. The van der Waals surface area contributed by atoms with Crippen LogP contribution in [0.25, 0.3) is 0 Å². The minimum atomic E-state index is -0.675. The van der Waals surface area contributed by atoms with Gasteiger partial charge in [-0.3, -0.25) is 10.0 Å². The largest absolute Gasteiger partial charge is 0.384 e. The molecule has 1 amide bonds. The molecule has 0 aromatic carbocycles. The number of nitrogens with two attached hydrogens (primary N) is 1. The van der Waals surface area contributed by atoms with Gasteiger partial charge in [-0.15, -0.1) is 0 Å². The molecular formula is C6H6ClN3O2. The molecule has 0 saturated carbocycles. The molecule has 64 valence electrons. The Balaban J connectivity index is 3.08. The molecule has 12 heavy (non-hydrogen) atoms. The number of nitrogen functional groups attached to an aromatic ring is 1. The highest BCUT2D eigenvalue weighted by molar-refractivity contribution is 6.29. The maximum Gasteiger partial charge on any atom is 0.274 e. The van der Waals surface area contributed by atoms with Gasteiger partial charge in [0.15, 0.2) is 0 Å². The van der Waals surface area contributed by atoms with Gasteiger partial charge in [0, 0.05) is 5.56 Å². The Kier molecular flexibility index (Phi) is 2.47. The number of aromatic nitrogens is 1. The second-order valence-corrected chi connectivity index (χ2v) is 2.43. The molecule has 0 spiro atoms. The summed E-state index contributed by atoms with van der Waals surface area (Å²) in [6, 6.07) is 2.60. The van der Waals surface area contributed by atoms with Crippen LogP contribution in [-0.2, 0) is 0 Å². The van der Waals surface area contributed by atoms with Crippen LogP contribution in [0.3, 0.4) is 0 Å². The van der Waals surface area contributed by atoms with E-state index in [9.17, 15) is 4.79 Å². The predicted octanol–water partition coefficient (Wildman–Crippen LogP) is 0.436. The molecule has 4 N–H and O–H groups in total. The van der Waals surface area contributed by atoms with Gasteiger partial charge < -0.3 is 5.73 Å². The first-order valence-corrected chi connectivity index (χ1v) is 3.39. The molecule has 0 aliphatic heterocycles. The molecule has 6 heteroatoms. The van der Waals surface area contributed by atoms with Crippen molar-refractivity contribution in [2.24, 2.45) is 0 Å². The van der Waals surface area contributed by atoms with E-state index < -0.39 is 5.91 Å². The number of hydrogen-bond acceptors (Lipinski definition) is 4. The highest BCUT2D eigenvalue weighted by Crippen LogP contribution is 2.11. The third-order valence-electron chi connectivity index (χ3n) is 1.18. The number of carbonyl (C=O) groups is 1. The van der Waals surface area contributed by atoms with Crippen molar-refractivity contribution < 1.29 is 10.0 Å². The number of anilines is 1. The van der Waals surface area contributed by atoms with E-state index >= 15 is 0 Å². The topological polar surface area (TPSA) is 88.2 Å². The molecule has 0 aliphatic carbocycles. The summed E-state index contributed by atoms with van der Waals surface area (Å²) in [5.41, 5.74) is 6.91. The average Bonchev–Trinajstić information content (AvgIpc) is 2.01. The van der Waals surface area contributed by atoms with Crippen LogP contribution in [0.15, 0.2) is 12.1 Å². The summed E-state index contributed by atoms with van der Waals surface area (Å²) in [4.78, 5) is 14.4. The summed E-state index contributed by atoms with van der Waals surface area (Å²) in [5, 5.41) is 8.37. The number of nitrogens with one attached hydrogen (secondary N) is 1. The van der Waals surface area contributed by atoms with Gasteiger partial charge in [-0.05, 0) is 12.1 Å². The maximum atomic E-state index is 10.8. The molecule has 0 saturated heterocycles. The second-order valence-electron chi connectivity index (χ2n) is 2.04. The first kappa shape index (κ1) is 8.76. The van der Waals surface area contributed by atoms with Crippen LogP contribution >= 0.6 is 11.6 Å². The van der Waals surface area contributed by atoms with E-state index in [0.29, 0.717) is 0 Å². The van der Waals surface area contributed by atoms with Crippen molar-refractivity contribution in [1.82, 2.24) is 10.5 Å². The first-order valence-electron chi connectivity index (χ1n) is 3.01. The standard InChI is InChI=1S/C6H6ClN3O2/c7-4-1-3(6(11)10-12)2-5(8)9-4/h1-2,12H,(H2,8,9)(H,10,11). The fourth-order valence-electron chi connectivity index (χ4n) is 0.713. The molecule has 1 aromatic heterocycles. The van der Waals surface area contributed by atoms with Gasteiger partial charge >= 0.3 is 0 Å². The van der Waals surface area contributed by atoms with Crippen LogP contribution in [0.4, 0.5) is 5.82 Å². The zero-order valence-corrected chi connectivity index (χ0v) is 6.67. The third-order valence-corrected chi connectivity index (χ3v) is 1.37. The van der Waals surface area contributed by atoms with E-state index in [1.54, 1.807) is 0 Å². The van der Waals surface area contributed by atoms with Gasteiger partial charge in [0.25, 0.3) is 5.91 Å². The number of halogens is 1. The highest BCUT2D eigenvalue weighted by Gasteiger charge is 2.06. The Morgan fingerprint density at radius 1 is 1.67 bits per heavy atom. The van der Waals surface area contributed by atoms with E-state index in [-0.39, 0.29) is 16.5 Å². The van der Waals surface area contributed by atoms with Crippen molar-refractivity contribution in [3.05, 3.63) is 22.8 Å². The van der Waals surface area contributed by atoms with E-state index in [1.807, 2.05) is 0 Å². The Morgan fingerprint density at radius 3 is 2.83 bits per heavy atom. The molecular weight excluding hydrogens is 182 g/mol. The van der Waals surface area contributed by atoms with Gasteiger partial charge in [0.1, 0.15) is 11.0 Å². The first-order chi connectivity index (χ1) is 5.63. The van der Waals surface area contributed by atoms with E-state index in [0.717, 1.165) is 0 Å². The van der Waals surface area contributed by atoms with Gasteiger partial charge in [-0.1, -0.05) is 11.6 Å². The van der Waals surface area contributed by atoms with Crippen LogP contribution in [0, 0.1) is 0 Å². The molecule has 5 nitrogen and oxygen atoms in total. The van der Waals surface area contributed by atoms with Crippen LogP contribution in [0.5, 0.6) is 0 Å². The summed E-state index contributed by atoms with van der Waals surface area (Å²) in [7, 11) is 0. The SMILES string of the molecule is Nc1cc(C(=O)NO)cc(Cl)n1. The van der Waals surface area contributed by atoms with Gasteiger partial charge in [0.05, 0.1) is 0 Å². The minimum Gasteiger partial charge on any atom is -0.384 e. The lowest BCUT2D eigenvalue weighted by atomic mass is 10.2. The molecule has 1 aromatic rings. The fraction of sp³-hybridized carbons (Fsp3) is 0. The predicted molar refractivity (Wildman–Crippen MR) is 42.9 cm³/mol. The van der Waals surface area contributed by atoms with Gasteiger partial charge in [0.2, 0.25) is 0 Å². The molecule has 0 bridgehead atoms. The lowest BCUT2D eigenvalue weighted by Gasteiger charge is -1.99. The Hall–Kier alpha value is -1.33. The fourth-order valence-corrected chi connectivity index (χ4v) is 0.928. The van der Waals surface area contributed by atoms with Crippen molar-refractivity contribution in [2.75, 3.05) is 5.73 Å². The molecule has 0 aliphatic rings. The number of rotatable bonds is 1. The molecule has 0 atom stereocenters. The van der Waals surface area contributed by atoms with Gasteiger partial charge in [-0.25, -0.2) is 10.5 Å². The summed E-state index contributed by atoms with van der Waals surface area (Å²) >= 11 is 5.50. The molecule has 1 heterocycles. The Bertz CT molecular complexity index is 295.